The van der Waals surface area contributed by atoms with Crippen LogP contribution in [0.5, 0.6) is 5.75 Å². The molecule has 1 amide bonds. The van der Waals surface area contributed by atoms with Gasteiger partial charge in [0.05, 0.1) is 16.9 Å². The highest BCUT2D eigenvalue weighted by atomic mass is 35.5. The molecule has 0 bridgehead atoms. The maximum absolute atomic E-state index is 13.1. The molecule has 0 radical (unpaired) electrons. The van der Waals surface area contributed by atoms with Crippen LogP contribution in [0.1, 0.15) is 24.2 Å². The predicted octanol–water partition coefficient (Wildman–Crippen LogP) is 4.89. The molecule has 0 aliphatic heterocycles. The summed E-state index contributed by atoms with van der Waals surface area (Å²) >= 11 is 5.80. The van der Waals surface area contributed by atoms with E-state index in [1.54, 1.807) is 0 Å². The topological polar surface area (TPSA) is 90.3 Å². The van der Waals surface area contributed by atoms with E-state index in [9.17, 15) is 30.8 Å². The third-order valence-electron chi connectivity index (χ3n) is 4.40. The van der Waals surface area contributed by atoms with E-state index in [2.05, 4.69) is 10.4 Å². The van der Waals surface area contributed by atoms with Crippen molar-refractivity contribution in [2.75, 3.05) is 12.4 Å². The number of anilines is 1. The molecule has 33 heavy (non-hydrogen) atoms. The number of amides is 1. The molecule has 0 saturated heterocycles. The van der Waals surface area contributed by atoms with Crippen LogP contribution in [-0.4, -0.2) is 31.2 Å². The number of aromatic nitrogens is 2. The highest BCUT2D eigenvalue weighted by Gasteiger charge is 2.23. The molecule has 3 aromatic rings. The van der Waals surface area contributed by atoms with Gasteiger partial charge < -0.3 is 10.1 Å². The van der Waals surface area contributed by atoms with E-state index in [0.29, 0.717) is 15.8 Å². The van der Waals surface area contributed by atoms with E-state index in [1.165, 1.54) is 43.5 Å². The lowest BCUT2D eigenvalue weighted by Gasteiger charge is -2.12. The molecule has 0 fully saturated rings. The molecule has 1 aromatic heterocycles. The molecule has 1 heterocycles. The second kappa shape index (κ2) is 9.79. The molecule has 1 N–H and O–H groups in total. The molecular formula is C20H16ClF4N3O4S. The second-order valence-electron chi connectivity index (χ2n) is 6.66. The molecule has 7 nitrogen and oxygen atoms in total. The van der Waals surface area contributed by atoms with Gasteiger partial charge in [0.2, 0.25) is 15.7 Å². The van der Waals surface area contributed by atoms with Crippen molar-refractivity contribution in [3.63, 3.8) is 0 Å². The first-order valence-electron chi connectivity index (χ1n) is 9.15. The minimum absolute atomic E-state index is 0.0216. The summed E-state index contributed by atoms with van der Waals surface area (Å²) in [6.07, 6.45) is -6.23. The van der Waals surface area contributed by atoms with Crippen LogP contribution in [0.4, 0.5) is 23.2 Å². The minimum Gasteiger partial charge on any atom is -0.497 e. The Hall–Kier alpha value is -3.12. The van der Waals surface area contributed by atoms with Gasteiger partial charge in [-0.25, -0.2) is 26.0 Å². The van der Waals surface area contributed by atoms with Gasteiger partial charge >= 0.3 is 0 Å². The Morgan fingerprint density at radius 1 is 1.06 bits per heavy atom. The summed E-state index contributed by atoms with van der Waals surface area (Å²) < 4.78 is 83.3. The van der Waals surface area contributed by atoms with Crippen LogP contribution in [-0.2, 0) is 21.2 Å². The van der Waals surface area contributed by atoms with Crippen molar-refractivity contribution in [3.05, 3.63) is 64.9 Å². The maximum Gasteiger partial charge on any atom is 0.282 e. The van der Waals surface area contributed by atoms with Crippen molar-refractivity contribution in [2.45, 2.75) is 29.2 Å². The quantitative estimate of drug-likeness (QED) is 0.440. The zero-order chi connectivity index (χ0) is 24.3. The minimum atomic E-state index is -4.02. The van der Waals surface area contributed by atoms with Crippen LogP contribution in [0.3, 0.4) is 0 Å². The summed E-state index contributed by atoms with van der Waals surface area (Å²) in [5.41, 5.74) is -1.76. The van der Waals surface area contributed by atoms with Crippen molar-refractivity contribution >= 4 is 33.0 Å². The number of halogens is 5. The molecule has 0 aliphatic carbocycles. The lowest BCUT2D eigenvalue weighted by atomic mass is 10.3. The molecular weight excluding hydrogens is 490 g/mol. The van der Waals surface area contributed by atoms with Gasteiger partial charge in [0.1, 0.15) is 23.7 Å². The van der Waals surface area contributed by atoms with Crippen LogP contribution in [0.2, 0.25) is 5.02 Å². The summed E-state index contributed by atoms with van der Waals surface area (Å²) in [5, 5.41) is 6.03. The summed E-state index contributed by atoms with van der Waals surface area (Å²) in [4.78, 5) is 12.1. The first-order valence-corrected chi connectivity index (χ1v) is 11.0. The average molecular weight is 506 g/mol. The number of benzene rings is 2. The van der Waals surface area contributed by atoms with Gasteiger partial charge in [-0.05, 0) is 42.5 Å². The van der Waals surface area contributed by atoms with Crippen molar-refractivity contribution in [2.24, 2.45) is 0 Å². The Kier molecular flexibility index (Phi) is 7.28. The van der Waals surface area contributed by atoms with Crippen LogP contribution >= 0.6 is 11.6 Å². The number of methoxy groups -OCH3 is 1. The van der Waals surface area contributed by atoms with Crippen LogP contribution in [0, 0.1) is 0 Å². The Bertz CT molecular complexity index is 1260. The Morgan fingerprint density at radius 3 is 2.30 bits per heavy atom. The van der Waals surface area contributed by atoms with Gasteiger partial charge in [-0.1, -0.05) is 11.6 Å². The molecule has 0 saturated carbocycles. The predicted molar refractivity (Wildman–Crippen MR) is 111 cm³/mol. The van der Waals surface area contributed by atoms with Crippen LogP contribution in [0.15, 0.2) is 58.3 Å². The van der Waals surface area contributed by atoms with E-state index in [4.69, 9.17) is 16.3 Å². The second-order valence-corrected chi connectivity index (χ2v) is 9.04. The van der Waals surface area contributed by atoms with Gasteiger partial charge in [-0.3, -0.25) is 9.48 Å². The van der Waals surface area contributed by atoms with Crippen molar-refractivity contribution in [3.8, 4) is 5.75 Å². The fraction of sp³-hybridized carbons (Fsp3) is 0.200. The van der Waals surface area contributed by atoms with E-state index < -0.39 is 46.5 Å². The van der Waals surface area contributed by atoms with Crippen molar-refractivity contribution < 1.29 is 35.5 Å². The SMILES string of the molecule is COc1cc(NC(=O)Cn2nc(C(F)F)cc2C(F)F)cc(S(=O)(=O)c2ccc(Cl)cc2)c1. The normalized spacial score (nSPS) is 11.8. The standard InChI is InChI=1S/C20H16ClF4N3O4S/c1-32-13-6-12(7-15(8-13)33(30,31)14-4-2-11(21)3-5-14)26-18(29)10-28-17(20(24)25)9-16(27-28)19(22)23/h2-9,19-20H,10H2,1H3,(H,26,29). The maximum atomic E-state index is 13.1. The number of hydrogen-bond donors (Lipinski definition) is 1. The van der Waals surface area contributed by atoms with Crippen LogP contribution in [0.25, 0.3) is 0 Å². The smallest absolute Gasteiger partial charge is 0.282 e. The monoisotopic (exact) mass is 505 g/mol. The molecule has 176 valence electrons. The third kappa shape index (κ3) is 5.63. The van der Waals surface area contributed by atoms with E-state index in [1.807, 2.05) is 0 Å². The zero-order valence-corrected chi connectivity index (χ0v) is 18.4. The van der Waals surface area contributed by atoms with Gasteiger partial charge in [0.15, 0.2) is 0 Å². The van der Waals surface area contributed by atoms with Crippen LogP contribution < -0.4 is 10.1 Å². The third-order valence-corrected chi connectivity index (χ3v) is 6.41. The highest BCUT2D eigenvalue weighted by Crippen LogP contribution is 2.29. The Morgan fingerprint density at radius 2 is 1.73 bits per heavy atom. The number of ether oxygens (including phenoxy) is 1. The summed E-state index contributed by atoms with van der Waals surface area (Å²) in [6.45, 7) is -0.803. The number of carbonyl (C=O) groups is 1. The first kappa shape index (κ1) is 24.5. The molecule has 2 aromatic carbocycles. The molecule has 0 spiro atoms. The van der Waals surface area contributed by atoms with E-state index in [0.717, 1.165) is 6.07 Å². The molecule has 0 atom stereocenters. The molecule has 0 aliphatic rings. The average Bonchev–Trinajstić information content (AvgIpc) is 3.18. The number of rotatable bonds is 8. The number of nitrogens with zero attached hydrogens (tertiary/aromatic N) is 2. The summed E-state index contributed by atoms with van der Waals surface area (Å²) in [5.74, 6) is -0.809. The number of nitrogens with one attached hydrogen (secondary N) is 1. The fourth-order valence-corrected chi connectivity index (χ4v) is 4.31. The number of alkyl halides is 4. The number of hydrogen-bond acceptors (Lipinski definition) is 5. The Labute approximate surface area is 190 Å². The molecule has 3 rings (SSSR count). The largest absolute Gasteiger partial charge is 0.497 e. The lowest BCUT2D eigenvalue weighted by molar-refractivity contribution is -0.117. The Balaban J connectivity index is 1.89. The van der Waals surface area contributed by atoms with Gasteiger partial charge in [-0.2, -0.15) is 5.10 Å². The summed E-state index contributed by atoms with van der Waals surface area (Å²) in [6, 6.07) is 9.61. The molecule has 13 heteroatoms. The lowest BCUT2D eigenvalue weighted by Crippen LogP contribution is -2.21. The van der Waals surface area contributed by atoms with Gasteiger partial charge in [0, 0.05) is 16.8 Å². The van der Waals surface area contributed by atoms with Gasteiger partial charge in [-0.15, -0.1) is 0 Å². The fourth-order valence-electron chi connectivity index (χ4n) is 2.86. The molecule has 0 unspecified atom stereocenters. The number of sulfone groups is 1. The van der Waals surface area contributed by atoms with Crippen molar-refractivity contribution in [1.29, 1.82) is 0 Å². The van der Waals surface area contributed by atoms with Crippen molar-refractivity contribution in [1.82, 2.24) is 9.78 Å². The summed E-state index contributed by atoms with van der Waals surface area (Å²) in [7, 11) is -2.74. The van der Waals surface area contributed by atoms with E-state index >= 15 is 0 Å². The number of carbonyl (C=O) groups excluding carboxylic acids is 1. The first-order chi connectivity index (χ1) is 15.5. The van der Waals surface area contributed by atoms with Gasteiger partial charge in [0.25, 0.3) is 12.9 Å². The zero-order valence-electron chi connectivity index (χ0n) is 16.8. The highest BCUT2D eigenvalue weighted by molar-refractivity contribution is 7.91. The van der Waals surface area contributed by atoms with E-state index in [-0.39, 0.29) is 21.2 Å².